The number of hydrogen-bond acceptors (Lipinski definition) is 4. The average Bonchev–Trinajstić information content (AvgIpc) is 2.64. The molecule has 3 atom stereocenters. The van der Waals surface area contributed by atoms with Gasteiger partial charge in [-0.2, -0.15) is 0 Å². The van der Waals surface area contributed by atoms with Crippen LogP contribution in [0.4, 0.5) is 14.9 Å². The molecule has 4 N–H and O–H groups in total. The number of nitrogens with one attached hydrogen (secondary N) is 3. The molecule has 1 fully saturated rings. The van der Waals surface area contributed by atoms with E-state index in [9.17, 15) is 19.1 Å². The number of carbonyl (C=O) groups is 2. The fraction of sp³-hybridized carbons (Fsp3) is 0.556. The van der Waals surface area contributed by atoms with Crippen molar-refractivity contribution in [3.63, 3.8) is 0 Å². The molecule has 1 heterocycles. The molecule has 1 aromatic rings. The van der Waals surface area contributed by atoms with Gasteiger partial charge in [-0.3, -0.25) is 4.79 Å². The SMILES string of the molecule is CCC(=O)N[C@@H]1CC[C@H](CCNC(=O)Nc2ccc(F)cc2)O[C@H]1CO. The third-order valence-electron chi connectivity index (χ3n) is 4.32. The van der Waals surface area contributed by atoms with Crippen LogP contribution >= 0.6 is 0 Å². The molecule has 26 heavy (non-hydrogen) atoms. The molecule has 0 unspecified atom stereocenters. The molecule has 1 aliphatic heterocycles. The molecule has 144 valence electrons. The highest BCUT2D eigenvalue weighted by Crippen LogP contribution is 2.21. The summed E-state index contributed by atoms with van der Waals surface area (Å²) in [5, 5.41) is 17.7. The van der Waals surface area contributed by atoms with Crippen LogP contribution in [0.15, 0.2) is 24.3 Å². The van der Waals surface area contributed by atoms with Crippen molar-refractivity contribution in [2.45, 2.75) is 50.9 Å². The number of aliphatic hydroxyl groups is 1. The first-order valence-electron chi connectivity index (χ1n) is 8.88. The summed E-state index contributed by atoms with van der Waals surface area (Å²) in [4.78, 5) is 23.3. The average molecular weight is 367 g/mol. The van der Waals surface area contributed by atoms with Gasteiger partial charge >= 0.3 is 6.03 Å². The number of rotatable bonds is 7. The van der Waals surface area contributed by atoms with E-state index in [0.29, 0.717) is 25.1 Å². The fourth-order valence-corrected chi connectivity index (χ4v) is 2.87. The molecule has 0 bridgehead atoms. The van der Waals surface area contributed by atoms with E-state index in [1.54, 1.807) is 6.92 Å². The number of carbonyl (C=O) groups excluding carboxylic acids is 2. The topological polar surface area (TPSA) is 99.7 Å². The van der Waals surface area contributed by atoms with Gasteiger partial charge in [0.15, 0.2) is 0 Å². The summed E-state index contributed by atoms with van der Waals surface area (Å²) in [5.74, 6) is -0.424. The van der Waals surface area contributed by atoms with Crippen molar-refractivity contribution < 1.29 is 23.8 Å². The van der Waals surface area contributed by atoms with Crippen LogP contribution in [0.25, 0.3) is 0 Å². The van der Waals surface area contributed by atoms with Crippen LogP contribution in [0.2, 0.25) is 0 Å². The fourth-order valence-electron chi connectivity index (χ4n) is 2.87. The van der Waals surface area contributed by atoms with Crippen LogP contribution in [0, 0.1) is 5.82 Å². The molecule has 0 spiro atoms. The van der Waals surface area contributed by atoms with E-state index in [1.165, 1.54) is 24.3 Å². The van der Waals surface area contributed by atoms with Crippen molar-refractivity contribution >= 4 is 17.6 Å². The summed E-state index contributed by atoms with van der Waals surface area (Å²) < 4.78 is 18.7. The monoisotopic (exact) mass is 367 g/mol. The molecule has 0 aromatic heterocycles. The lowest BCUT2D eigenvalue weighted by atomic mass is 9.97. The Morgan fingerprint density at radius 1 is 1.27 bits per heavy atom. The molecule has 0 radical (unpaired) electrons. The minimum Gasteiger partial charge on any atom is -0.394 e. The van der Waals surface area contributed by atoms with Crippen molar-refractivity contribution in [1.29, 1.82) is 0 Å². The first-order chi connectivity index (χ1) is 12.5. The van der Waals surface area contributed by atoms with Gasteiger partial charge in [0.25, 0.3) is 0 Å². The predicted molar refractivity (Wildman–Crippen MR) is 95.2 cm³/mol. The highest BCUT2D eigenvalue weighted by molar-refractivity contribution is 5.89. The van der Waals surface area contributed by atoms with E-state index in [0.717, 1.165) is 12.8 Å². The van der Waals surface area contributed by atoms with Gasteiger partial charge in [-0.05, 0) is 43.5 Å². The van der Waals surface area contributed by atoms with Gasteiger partial charge < -0.3 is 25.8 Å². The molecule has 8 heteroatoms. The summed E-state index contributed by atoms with van der Waals surface area (Å²) >= 11 is 0. The number of anilines is 1. The molecule has 1 aliphatic rings. The summed E-state index contributed by atoms with van der Waals surface area (Å²) in [6.07, 6.45) is 1.94. The highest BCUT2D eigenvalue weighted by atomic mass is 19.1. The Balaban J connectivity index is 1.70. The maximum absolute atomic E-state index is 12.8. The molecule has 2 rings (SSSR count). The van der Waals surface area contributed by atoms with Gasteiger partial charge in [0, 0.05) is 18.7 Å². The van der Waals surface area contributed by atoms with Crippen LogP contribution in [0.1, 0.15) is 32.6 Å². The lowest BCUT2D eigenvalue weighted by Gasteiger charge is -2.36. The van der Waals surface area contributed by atoms with E-state index < -0.39 is 6.10 Å². The molecule has 1 aromatic carbocycles. The Morgan fingerprint density at radius 2 is 2.00 bits per heavy atom. The van der Waals surface area contributed by atoms with E-state index >= 15 is 0 Å². The van der Waals surface area contributed by atoms with Crippen LogP contribution in [0.5, 0.6) is 0 Å². The number of aliphatic hydroxyl groups excluding tert-OH is 1. The first kappa shape index (κ1) is 20.1. The third-order valence-corrected chi connectivity index (χ3v) is 4.32. The van der Waals surface area contributed by atoms with E-state index in [1.807, 2.05) is 0 Å². The summed E-state index contributed by atoms with van der Waals surface area (Å²) in [6.45, 7) is 2.02. The lowest BCUT2D eigenvalue weighted by molar-refractivity contribution is -0.128. The molecule has 0 aliphatic carbocycles. The summed E-state index contributed by atoms with van der Waals surface area (Å²) in [7, 11) is 0. The highest BCUT2D eigenvalue weighted by Gasteiger charge is 2.31. The maximum atomic E-state index is 12.8. The largest absolute Gasteiger partial charge is 0.394 e. The molecule has 0 saturated carbocycles. The van der Waals surface area contributed by atoms with Crippen molar-refractivity contribution in [3.8, 4) is 0 Å². The van der Waals surface area contributed by atoms with E-state index in [-0.39, 0.29) is 36.5 Å². The Bertz CT molecular complexity index is 597. The number of benzene rings is 1. The first-order valence-corrected chi connectivity index (χ1v) is 8.88. The van der Waals surface area contributed by atoms with Crippen molar-refractivity contribution in [2.75, 3.05) is 18.5 Å². The van der Waals surface area contributed by atoms with Crippen molar-refractivity contribution in [1.82, 2.24) is 10.6 Å². The second-order valence-electron chi connectivity index (χ2n) is 6.26. The van der Waals surface area contributed by atoms with Crippen LogP contribution in [-0.4, -0.2) is 48.4 Å². The third kappa shape index (κ3) is 6.27. The number of urea groups is 1. The minimum atomic E-state index is -0.433. The number of amides is 3. The predicted octanol–water partition coefficient (Wildman–Crippen LogP) is 1.77. The molecular formula is C18H26FN3O4. The van der Waals surface area contributed by atoms with E-state index in [4.69, 9.17) is 4.74 Å². The molecule has 7 nitrogen and oxygen atoms in total. The molecule has 3 amide bonds. The van der Waals surface area contributed by atoms with Gasteiger partial charge in [0.05, 0.1) is 18.8 Å². The number of hydrogen-bond donors (Lipinski definition) is 4. The Labute approximate surface area is 152 Å². The summed E-state index contributed by atoms with van der Waals surface area (Å²) in [5.41, 5.74) is 0.507. The normalized spacial score (nSPS) is 22.5. The minimum absolute atomic E-state index is 0.0605. The lowest BCUT2D eigenvalue weighted by Crippen LogP contribution is -2.51. The smallest absolute Gasteiger partial charge is 0.319 e. The Hall–Kier alpha value is -2.19. The zero-order chi connectivity index (χ0) is 18.9. The Morgan fingerprint density at radius 3 is 2.65 bits per heavy atom. The van der Waals surface area contributed by atoms with Crippen LogP contribution in [-0.2, 0) is 9.53 Å². The number of halogens is 1. The van der Waals surface area contributed by atoms with Crippen molar-refractivity contribution in [3.05, 3.63) is 30.1 Å². The van der Waals surface area contributed by atoms with Crippen molar-refractivity contribution in [2.24, 2.45) is 0 Å². The Kier molecular flexibility index (Phi) is 7.80. The van der Waals surface area contributed by atoms with Gasteiger partial charge in [-0.1, -0.05) is 6.92 Å². The zero-order valence-corrected chi connectivity index (χ0v) is 14.8. The number of ether oxygens (including phenoxy) is 1. The summed E-state index contributed by atoms with van der Waals surface area (Å²) in [6, 6.07) is 4.95. The molecular weight excluding hydrogens is 341 g/mol. The standard InChI is InChI=1S/C18H26FN3O4/c1-2-17(24)22-15-8-7-14(26-16(15)11-23)9-10-20-18(25)21-13-5-3-12(19)4-6-13/h3-6,14-16,23H,2,7-11H2,1H3,(H,22,24)(H2,20,21,25)/t14-,15-,16+/m1/s1. The van der Waals surface area contributed by atoms with Gasteiger partial charge in [-0.25, -0.2) is 9.18 Å². The van der Waals surface area contributed by atoms with Crippen LogP contribution < -0.4 is 16.0 Å². The molecule has 1 saturated heterocycles. The second-order valence-corrected chi connectivity index (χ2v) is 6.26. The second kappa shape index (κ2) is 10.1. The van der Waals surface area contributed by atoms with Gasteiger partial charge in [-0.15, -0.1) is 0 Å². The zero-order valence-electron chi connectivity index (χ0n) is 14.8. The van der Waals surface area contributed by atoms with Gasteiger partial charge in [0.1, 0.15) is 11.9 Å². The van der Waals surface area contributed by atoms with Gasteiger partial charge in [0.2, 0.25) is 5.91 Å². The van der Waals surface area contributed by atoms with Crippen LogP contribution in [0.3, 0.4) is 0 Å². The maximum Gasteiger partial charge on any atom is 0.319 e. The quantitative estimate of drug-likeness (QED) is 0.590. The van der Waals surface area contributed by atoms with E-state index in [2.05, 4.69) is 16.0 Å².